The molecule has 0 bridgehead atoms. The van der Waals surface area contributed by atoms with E-state index < -0.39 is 10.0 Å². The number of ether oxygens (including phenoxy) is 1. The topological polar surface area (TPSA) is 46.6 Å². The molecular formula is C19H23NO3S. The lowest BCUT2D eigenvalue weighted by Crippen LogP contribution is -2.31. The lowest BCUT2D eigenvalue weighted by molar-refractivity contribution is 0.394. The highest BCUT2D eigenvalue weighted by Crippen LogP contribution is 2.37. The van der Waals surface area contributed by atoms with Crippen molar-refractivity contribution in [2.45, 2.75) is 37.6 Å². The van der Waals surface area contributed by atoms with Crippen LogP contribution >= 0.6 is 0 Å². The number of benzene rings is 2. The van der Waals surface area contributed by atoms with E-state index in [1.165, 1.54) is 0 Å². The molecule has 0 spiro atoms. The molecule has 5 heteroatoms. The number of rotatable bonds is 4. The highest BCUT2D eigenvalue weighted by molar-refractivity contribution is 7.89. The Labute approximate surface area is 144 Å². The zero-order valence-corrected chi connectivity index (χ0v) is 15.1. The van der Waals surface area contributed by atoms with Gasteiger partial charge < -0.3 is 4.74 Å². The standard InChI is InChI=1S/C19H23NO3S/c1-14-6-7-15(2)19(13-14)24(21,22)20-12-4-5-18(20)16-8-10-17(23-3)11-9-16/h6-11,13,18H,4-5,12H2,1-3H3. The van der Waals surface area contributed by atoms with Gasteiger partial charge in [-0.25, -0.2) is 8.42 Å². The van der Waals surface area contributed by atoms with E-state index >= 15 is 0 Å². The van der Waals surface area contributed by atoms with Crippen molar-refractivity contribution in [3.05, 3.63) is 59.2 Å². The molecule has 0 amide bonds. The summed E-state index contributed by atoms with van der Waals surface area (Å²) in [6, 6.07) is 13.2. The molecule has 2 aromatic rings. The van der Waals surface area contributed by atoms with Crippen molar-refractivity contribution in [2.24, 2.45) is 0 Å². The quantitative estimate of drug-likeness (QED) is 0.846. The second-order valence-corrected chi connectivity index (χ2v) is 8.17. The van der Waals surface area contributed by atoms with Crippen molar-refractivity contribution in [3.63, 3.8) is 0 Å². The Balaban J connectivity index is 1.98. The number of hydrogen-bond donors (Lipinski definition) is 0. The SMILES string of the molecule is COc1ccc(C2CCCN2S(=O)(=O)c2cc(C)ccc2C)cc1. The summed E-state index contributed by atoms with van der Waals surface area (Å²) in [6.07, 6.45) is 1.72. The molecule has 2 aromatic carbocycles. The molecule has 0 radical (unpaired) electrons. The third kappa shape index (κ3) is 3.06. The van der Waals surface area contributed by atoms with Crippen LogP contribution in [-0.4, -0.2) is 26.4 Å². The van der Waals surface area contributed by atoms with Crippen LogP contribution in [0.25, 0.3) is 0 Å². The summed E-state index contributed by atoms with van der Waals surface area (Å²) in [4.78, 5) is 0.419. The van der Waals surface area contributed by atoms with Crippen LogP contribution in [0.3, 0.4) is 0 Å². The van der Waals surface area contributed by atoms with E-state index in [1.807, 2.05) is 50.2 Å². The Hall–Kier alpha value is -1.85. The van der Waals surface area contributed by atoms with Crippen molar-refractivity contribution >= 4 is 10.0 Å². The Morgan fingerprint density at radius 1 is 1.08 bits per heavy atom. The van der Waals surface area contributed by atoms with Gasteiger partial charge in [0.25, 0.3) is 0 Å². The van der Waals surface area contributed by atoms with E-state index in [4.69, 9.17) is 4.74 Å². The number of sulfonamides is 1. The van der Waals surface area contributed by atoms with Gasteiger partial charge in [0.15, 0.2) is 0 Å². The fourth-order valence-electron chi connectivity index (χ4n) is 3.30. The van der Waals surface area contributed by atoms with Crippen LogP contribution in [0.4, 0.5) is 0 Å². The van der Waals surface area contributed by atoms with Crippen LogP contribution in [0, 0.1) is 13.8 Å². The van der Waals surface area contributed by atoms with Crippen LogP contribution in [0.1, 0.15) is 35.6 Å². The molecule has 3 rings (SSSR count). The van der Waals surface area contributed by atoms with Crippen LogP contribution < -0.4 is 4.74 Å². The molecule has 4 nitrogen and oxygen atoms in total. The fourth-order valence-corrected chi connectivity index (χ4v) is 5.29. The Morgan fingerprint density at radius 3 is 2.46 bits per heavy atom. The van der Waals surface area contributed by atoms with E-state index in [1.54, 1.807) is 17.5 Å². The number of nitrogens with zero attached hydrogens (tertiary/aromatic N) is 1. The van der Waals surface area contributed by atoms with Gasteiger partial charge in [-0.3, -0.25) is 0 Å². The van der Waals surface area contributed by atoms with Crippen LogP contribution in [-0.2, 0) is 10.0 Å². The Kier molecular flexibility index (Phi) is 4.65. The number of hydrogen-bond acceptors (Lipinski definition) is 3. The lowest BCUT2D eigenvalue weighted by atomic mass is 10.1. The van der Waals surface area contributed by atoms with Gasteiger partial charge in [0.05, 0.1) is 18.0 Å². The molecule has 0 N–H and O–H groups in total. The third-order valence-corrected chi connectivity index (χ3v) is 6.68. The first-order valence-corrected chi connectivity index (χ1v) is 9.60. The Bertz CT molecular complexity index is 828. The predicted octanol–water partition coefficient (Wildman–Crippen LogP) is 3.84. The van der Waals surface area contributed by atoms with Crippen molar-refractivity contribution in [3.8, 4) is 5.75 Å². The van der Waals surface area contributed by atoms with Crippen molar-refractivity contribution in [1.82, 2.24) is 4.31 Å². The summed E-state index contributed by atoms with van der Waals surface area (Å²) in [5.74, 6) is 0.778. The average Bonchev–Trinajstić information content (AvgIpc) is 3.07. The summed E-state index contributed by atoms with van der Waals surface area (Å²) in [5.41, 5.74) is 2.77. The largest absolute Gasteiger partial charge is 0.497 e. The third-order valence-electron chi connectivity index (χ3n) is 4.63. The molecule has 1 aliphatic heterocycles. The zero-order chi connectivity index (χ0) is 17.3. The minimum absolute atomic E-state index is 0.110. The van der Waals surface area contributed by atoms with E-state index in [2.05, 4.69) is 0 Å². The van der Waals surface area contributed by atoms with E-state index in [0.29, 0.717) is 11.4 Å². The predicted molar refractivity (Wildman–Crippen MR) is 94.8 cm³/mol. The molecule has 1 fully saturated rings. The molecule has 0 saturated carbocycles. The first-order valence-electron chi connectivity index (χ1n) is 8.16. The minimum Gasteiger partial charge on any atom is -0.497 e. The summed E-state index contributed by atoms with van der Waals surface area (Å²) in [7, 11) is -1.88. The molecule has 1 saturated heterocycles. The zero-order valence-electron chi connectivity index (χ0n) is 14.3. The molecule has 24 heavy (non-hydrogen) atoms. The van der Waals surface area contributed by atoms with E-state index in [-0.39, 0.29) is 6.04 Å². The maximum atomic E-state index is 13.2. The van der Waals surface area contributed by atoms with Crippen LogP contribution in [0.2, 0.25) is 0 Å². The molecule has 0 aromatic heterocycles. The van der Waals surface area contributed by atoms with Crippen molar-refractivity contribution < 1.29 is 13.2 Å². The van der Waals surface area contributed by atoms with Gasteiger partial charge in [0, 0.05) is 6.54 Å². The van der Waals surface area contributed by atoms with E-state index in [0.717, 1.165) is 35.3 Å². The molecule has 1 unspecified atom stereocenters. The number of aryl methyl sites for hydroxylation is 2. The maximum absolute atomic E-state index is 13.2. The van der Waals surface area contributed by atoms with Gasteiger partial charge in [0.1, 0.15) is 5.75 Å². The molecular weight excluding hydrogens is 322 g/mol. The van der Waals surface area contributed by atoms with Crippen LogP contribution in [0.5, 0.6) is 5.75 Å². The molecule has 1 aliphatic rings. The average molecular weight is 345 g/mol. The van der Waals surface area contributed by atoms with Crippen LogP contribution in [0.15, 0.2) is 47.4 Å². The summed E-state index contributed by atoms with van der Waals surface area (Å²) >= 11 is 0. The first kappa shape index (κ1) is 17.0. The van der Waals surface area contributed by atoms with Gasteiger partial charge in [-0.2, -0.15) is 4.31 Å². The highest BCUT2D eigenvalue weighted by Gasteiger charge is 2.36. The molecule has 1 heterocycles. The number of methoxy groups -OCH3 is 1. The van der Waals surface area contributed by atoms with Crippen molar-refractivity contribution in [2.75, 3.05) is 13.7 Å². The monoisotopic (exact) mass is 345 g/mol. The molecule has 1 atom stereocenters. The Morgan fingerprint density at radius 2 is 1.79 bits per heavy atom. The van der Waals surface area contributed by atoms with Gasteiger partial charge >= 0.3 is 0 Å². The van der Waals surface area contributed by atoms with Gasteiger partial charge in [0.2, 0.25) is 10.0 Å². The minimum atomic E-state index is -3.50. The van der Waals surface area contributed by atoms with Crippen molar-refractivity contribution in [1.29, 1.82) is 0 Å². The highest BCUT2D eigenvalue weighted by atomic mass is 32.2. The second-order valence-electron chi connectivity index (χ2n) is 6.32. The molecule has 0 aliphatic carbocycles. The first-order chi connectivity index (χ1) is 11.4. The summed E-state index contributed by atoms with van der Waals surface area (Å²) in [5, 5.41) is 0. The second kappa shape index (κ2) is 6.57. The van der Waals surface area contributed by atoms with Gasteiger partial charge in [-0.15, -0.1) is 0 Å². The summed E-state index contributed by atoms with van der Waals surface area (Å²) < 4.78 is 33.3. The lowest BCUT2D eigenvalue weighted by Gasteiger charge is -2.25. The molecule has 128 valence electrons. The summed E-state index contributed by atoms with van der Waals surface area (Å²) in [6.45, 7) is 4.33. The van der Waals surface area contributed by atoms with Gasteiger partial charge in [-0.1, -0.05) is 24.3 Å². The maximum Gasteiger partial charge on any atom is 0.243 e. The normalized spacial score (nSPS) is 18.7. The van der Waals surface area contributed by atoms with E-state index in [9.17, 15) is 8.42 Å². The fraction of sp³-hybridized carbons (Fsp3) is 0.368. The van der Waals surface area contributed by atoms with Gasteiger partial charge in [-0.05, 0) is 61.6 Å². The smallest absolute Gasteiger partial charge is 0.243 e.